The van der Waals surface area contributed by atoms with Crippen LogP contribution in [0, 0.1) is 3.57 Å². The summed E-state index contributed by atoms with van der Waals surface area (Å²) in [5.74, 6) is -1.18. The van der Waals surface area contributed by atoms with Crippen molar-refractivity contribution in [3.05, 3.63) is 62.2 Å². The Bertz CT molecular complexity index is 878. The summed E-state index contributed by atoms with van der Waals surface area (Å²) in [6, 6.07) is 9.84. The molecule has 1 atom stereocenters. The standard InChI is InChI=1S/C17H16IN5O3S2/c18-12-9-11(4-6-13(12)22-23-19)5-7-15(24)21-14(17(25)26)10-27-28-16-3-1-2-8-20-16/h1-4,6,8-9,14H,5,7,10H2,(H,21,24)(H,25,26)/t14-/m0/s1. The highest BCUT2D eigenvalue weighted by Crippen LogP contribution is 2.29. The zero-order valence-corrected chi connectivity index (χ0v) is 18.3. The van der Waals surface area contributed by atoms with Gasteiger partial charge < -0.3 is 10.4 Å². The number of hydrogen-bond acceptors (Lipinski definition) is 6. The number of nitrogens with zero attached hydrogens (tertiary/aromatic N) is 4. The normalized spacial score (nSPS) is 11.3. The van der Waals surface area contributed by atoms with Gasteiger partial charge in [-0.15, -0.1) is 0 Å². The van der Waals surface area contributed by atoms with Crippen molar-refractivity contribution in [2.24, 2.45) is 5.11 Å². The Kier molecular flexibility index (Phi) is 9.41. The van der Waals surface area contributed by atoms with Crippen molar-refractivity contribution in [2.45, 2.75) is 23.9 Å². The molecule has 1 heterocycles. The first-order valence-corrected chi connectivity index (χ1v) is 11.5. The number of hydrogen-bond donors (Lipinski definition) is 2. The Morgan fingerprint density at radius 1 is 1.36 bits per heavy atom. The smallest absolute Gasteiger partial charge is 0.327 e. The largest absolute Gasteiger partial charge is 0.480 e. The van der Waals surface area contributed by atoms with Crippen LogP contribution in [-0.2, 0) is 16.0 Å². The van der Waals surface area contributed by atoms with Gasteiger partial charge >= 0.3 is 5.97 Å². The molecule has 0 aliphatic carbocycles. The molecule has 8 nitrogen and oxygen atoms in total. The van der Waals surface area contributed by atoms with E-state index >= 15 is 0 Å². The number of carbonyl (C=O) groups excluding carboxylic acids is 1. The fourth-order valence-corrected chi connectivity index (χ4v) is 4.84. The number of halogens is 1. The first-order chi connectivity index (χ1) is 13.5. The Labute approximate surface area is 183 Å². The van der Waals surface area contributed by atoms with Crippen molar-refractivity contribution in [2.75, 3.05) is 5.75 Å². The van der Waals surface area contributed by atoms with Crippen molar-refractivity contribution in [3.63, 3.8) is 0 Å². The Morgan fingerprint density at radius 2 is 2.18 bits per heavy atom. The summed E-state index contributed by atoms with van der Waals surface area (Å²) in [7, 11) is 2.69. The molecule has 0 fully saturated rings. The van der Waals surface area contributed by atoms with E-state index in [9.17, 15) is 14.7 Å². The first kappa shape index (κ1) is 22.3. The van der Waals surface area contributed by atoms with Crippen LogP contribution in [-0.4, -0.2) is 33.8 Å². The molecule has 0 radical (unpaired) electrons. The second kappa shape index (κ2) is 11.8. The van der Waals surface area contributed by atoms with Gasteiger partial charge in [0.1, 0.15) is 11.1 Å². The van der Waals surface area contributed by atoms with E-state index in [1.54, 1.807) is 24.4 Å². The maximum atomic E-state index is 12.1. The first-order valence-electron chi connectivity index (χ1n) is 8.06. The molecule has 0 unspecified atom stereocenters. The summed E-state index contributed by atoms with van der Waals surface area (Å²) < 4.78 is 0.791. The Balaban J connectivity index is 1.82. The Hall–Kier alpha value is -1.95. The summed E-state index contributed by atoms with van der Waals surface area (Å²) in [4.78, 5) is 30.5. The van der Waals surface area contributed by atoms with E-state index in [-0.39, 0.29) is 18.1 Å². The SMILES string of the molecule is [N-]=[N+]=Nc1ccc(CCC(=O)N[C@@H](CSSc2ccccn2)C(=O)O)cc1I. The van der Waals surface area contributed by atoms with Crippen LogP contribution in [0.25, 0.3) is 10.4 Å². The molecule has 0 aliphatic heterocycles. The predicted octanol–water partition coefficient (Wildman–Crippen LogP) is 4.57. The lowest BCUT2D eigenvalue weighted by Crippen LogP contribution is -2.42. The fourth-order valence-electron chi connectivity index (χ4n) is 2.09. The molecule has 2 rings (SSSR count). The summed E-state index contributed by atoms with van der Waals surface area (Å²) in [5, 5.41) is 16.2. The van der Waals surface area contributed by atoms with Gasteiger partial charge in [-0.25, -0.2) is 9.78 Å². The van der Waals surface area contributed by atoms with Gasteiger partial charge in [0, 0.05) is 26.9 Å². The van der Waals surface area contributed by atoms with Crippen LogP contribution in [0.2, 0.25) is 0 Å². The molecule has 0 saturated carbocycles. The summed E-state index contributed by atoms with van der Waals surface area (Å²) >= 11 is 2.06. The molecule has 1 aromatic carbocycles. The lowest BCUT2D eigenvalue weighted by Gasteiger charge is -2.14. The van der Waals surface area contributed by atoms with E-state index in [2.05, 4.69) is 42.9 Å². The molecule has 146 valence electrons. The molecule has 28 heavy (non-hydrogen) atoms. The van der Waals surface area contributed by atoms with E-state index < -0.39 is 12.0 Å². The van der Waals surface area contributed by atoms with Crippen LogP contribution in [0.5, 0.6) is 0 Å². The molecule has 1 aromatic heterocycles. The lowest BCUT2D eigenvalue weighted by atomic mass is 10.1. The number of aryl methyl sites for hydroxylation is 1. The quantitative estimate of drug-likeness (QED) is 0.153. The number of carbonyl (C=O) groups is 2. The van der Waals surface area contributed by atoms with Gasteiger partial charge in [-0.05, 0) is 69.1 Å². The van der Waals surface area contributed by atoms with Gasteiger partial charge in [-0.3, -0.25) is 4.79 Å². The number of benzene rings is 1. The van der Waals surface area contributed by atoms with Gasteiger partial charge in [-0.2, -0.15) is 0 Å². The average Bonchev–Trinajstić information content (AvgIpc) is 2.68. The van der Waals surface area contributed by atoms with Gasteiger partial charge in [0.25, 0.3) is 0 Å². The second-order valence-electron chi connectivity index (χ2n) is 5.47. The van der Waals surface area contributed by atoms with Crippen molar-refractivity contribution < 1.29 is 14.7 Å². The molecule has 11 heteroatoms. The number of azide groups is 1. The Morgan fingerprint density at radius 3 is 2.82 bits per heavy atom. The monoisotopic (exact) mass is 529 g/mol. The maximum absolute atomic E-state index is 12.1. The third kappa shape index (κ3) is 7.58. The van der Waals surface area contributed by atoms with Gasteiger partial charge in [0.05, 0.1) is 5.69 Å². The summed E-state index contributed by atoms with van der Waals surface area (Å²) in [6.45, 7) is 0. The second-order valence-corrected chi connectivity index (χ2v) is 8.99. The number of rotatable bonds is 10. The van der Waals surface area contributed by atoms with E-state index in [0.29, 0.717) is 12.1 Å². The van der Waals surface area contributed by atoms with E-state index in [1.165, 1.54) is 21.6 Å². The number of nitrogens with one attached hydrogen (secondary N) is 1. The fraction of sp³-hybridized carbons (Fsp3) is 0.235. The van der Waals surface area contributed by atoms with E-state index in [0.717, 1.165) is 14.2 Å². The van der Waals surface area contributed by atoms with Crippen LogP contribution < -0.4 is 5.32 Å². The van der Waals surface area contributed by atoms with Crippen LogP contribution in [0.4, 0.5) is 5.69 Å². The molecule has 0 spiro atoms. The van der Waals surface area contributed by atoms with Crippen LogP contribution >= 0.6 is 44.2 Å². The molecule has 1 amide bonds. The summed E-state index contributed by atoms with van der Waals surface area (Å²) in [5.41, 5.74) is 9.93. The maximum Gasteiger partial charge on any atom is 0.327 e. The van der Waals surface area contributed by atoms with Crippen molar-refractivity contribution in [1.82, 2.24) is 10.3 Å². The predicted molar refractivity (Wildman–Crippen MR) is 118 cm³/mol. The molecular weight excluding hydrogens is 513 g/mol. The number of pyridine rings is 1. The highest BCUT2D eigenvalue weighted by atomic mass is 127. The average molecular weight is 529 g/mol. The van der Waals surface area contributed by atoms with Crippen molar-refractivity contribution >= 4 is 61.7 Å². The molecular formula is C17H16IN5O3S2. The van der Waals surface area contributed by atoms with Gasteiger partial charge in [0.15, 0.2) is 0 Å². The number of aromatic nitrogens is 1. The van der Waals surface area contributed by atoms with Gasteiger partial charge in [-0.1, -0.05) is 34.1 Å². The third-order valence-corrected chi connectivity index (χ3v) is 6.59. The van der Waals surface area contributed by atoms with Crippen molar-refractivity contribution in [3.8, 4) is 0 Å². The molecule has 0 aliphatic rings. The minimum absolute atomic E-state index is 0.165. The number of amides is 1. The lowest BCUT2D eigenvalue weighted by molar-refractivity contribution is -0.141. The number of carboxylic acid groups (broad SMARTS) is 1. The highest BCUT2D eigenvalue weighted by molar-refractivity contribution is 14.1. The minimum atomic E-state index is -1.07. The van der Waals surface area contributed by atoms with Crippen LogP contribution in [0.3, 0.4) is 0 Å². The molecule has 2 N–H and O–H groups in total. The number of carboxylic acids is 1. The summed E-state index contributed by atoms with van der Waals surface area (Å²) in [6.07, 6.45) is 2.29. The van der Waals surface area contributed by atoms with Gasteiger partial charge in [0.2, 0.25) is 5.91 Å². The van der Waals surface area contributed by atoms with Crippen LogP contribution in [0.15, 0.2) is 52.7 Å². The molecule has 0 saturated heterocycles. The van der Waals surface area contributed by atoms with E-state index in [4.69, 9.17) is 5.53 Å². The number of aliphatic carboxylic acids is 1. The van der Waals surface area contributed by atoms with Crippen molar-refractivity contribution in [1.29, 1.82) is 0 Å². The topological polar surface area (TPSA) is 128 Å². The minimum Gasteiger partial charge on any atom is -0.480 e. The molecule has 2 aromatic rings. The zero-order chi connectivity index (χ0) is 20.4. The zero-order valence-electron chi connectivity index (χ0n) is 14.5. The van der Waals surface area contributed by atoms with E-state index in [1.807, 2.05) is 18.2 Å². The molecule has 0 bridgehead atoms. The third-order valence-electron chi connectivity index (χ3n) is 3.46. The highest BCUT2D eigenvalue weighted by Gasteiger charge is 2.20. The van der Waals surface area contributed by atoms with Crippen LogP contribution in [0.1, 0.15) is 12.0 Å².